The second-order valence-electron chi connectivity index (χ2n) is 4.39. The fourth-order valence-electron chi connectivity index (χ4n) is 1.70. The zero-order chi connectivity index (χ0) is 17.7. The fourth-order valence-corrected chi connectivity index (χ4v) is 3.61. The van der Waals surface area contributed by atoms with Crippen molar-refractivity contribution in [3.8, 4) is 11.5 Å². The normalized spacial score (nSPS) is 10.7. The molecule has 1 aromatic heterocycles. The molecule has 2 aromatic rings. The Hall–Kier alpha value is -1.64. The molecule has 0 radical (unpaired) electrons. The maximum Gasteiger partial charge on any atom is 0.353 e. The Kier molecular flexibility index (Phi) is 6.59. The molecule has 0 aliphatic carbocycles. The summed E-state index contributed by atoms with van der Waals surface area (Å²) in [5.74, 6) is -0.274. The van der Waals surface area contributed by atoms with Crippen molar-refractivity contribution in [3.63, 3.8) is 0 Å². The third-order valence-corrected chi connectivity index (χ3v) is 6.09. The summed E-state index contributed by atoms with van der Waals surface area (Å²) in [5.41, 5.74) is 0.707. The van der Waals surface area contributed by atoms with E-state index in [9.17, 15) is 9.59 Å². The third-order valence-electron chi connectivity index (χ3n) is 2.85. The first-order valence-electron chi connectivity index (χ1n) is 6.55. The van der Waals surface area contributed by atoms with Crippen molar-refractivity contribution in [3.05, 3.63) is 49.0 Å². The zero-order valence-corrected chi connectivity index (χ0v) is 16.7. The number of halogens is 2. The molecule has 0 aliphatic rings. The Balaban J connectivity index is 2.19. The molecule has 0 unspecified atom stereocenters. The number of ether oxygens (including phenoxy) is 3. The number of hydrogen-bond acceptors (Lipinski definition) is 6. The van der Waals surface area contributed by atoms with E-state index >= 15 is 0 Å². The topological polar surface area (TPSA) is 61.8 Å². The van der Waals surface area contributed by atoms with E-state index in [1.165, 1.54) is 31.6 Å². The van der Waals surface area contributed by atoms with Crippen LogP contribution in [0, 0.1) is 0 Å². The van der Waals surface area contributed by atoms with Crippen LogP contribution in [0.15, 0.2) is 38.6 Å². The number of thiophene rings is 1. The lowest BCUT2D eigenvalue weighted by molar-refractivity contribution is -0.134. The van der Waals surface area contributed by atoms with Crippen molar-refractivity contribution in [2.75, 3.05) is 14.2 Å². The van der Waals surface area contributed by atoms with Crippen molar-refractivity contribution >= 4 is 61.2 Å². The molecule has 0 spiro atoms. The molecule has 1 aromatic carbocycles. The molecule has 2 rings (SSSR count). The molecule has 8 heteroatoms. The molecule has 0 saturated carbocycles. The van der Waals surface area contributed by atoms with E-state index < -0.39 is 11.9 Å². The number of esters is 2. The van der Waals surface area contributed by atoms with Gasteiger partial charge in [-0.25, -0.2) is 9.59 Å². The van der Waals surface area contributed by atoms with Gasteiger partial charge in [-0.2, -0.15) is 0 Å². The van der Waals surface area contributed by atoms with Gasteiger partial charge in [-0.1, -0.05) is 6.07 Å². The second kappa shape index (κ2) is 8.46. The Morgan fingerprint density at radius 3 is 2.46 bits per heavy atom. The maximum absolute atomic E-state index is 12.2. The highest BCUT2D eigenvalue weighted by Gasteiger charge is 2.16. The Morgan fingerprint density at radius 1 is 1.12 bits per heavy atom. The molecule has 0 fully saturated rings. The van der Waals surface area contributed by atoms with E-state index in [0.717, 1.165) is 8.26 Å². The first-order valence-corrected chi connectivity index (χ1v) is 8.96. The Morgan fingerprint density at radius 2 is 1.88 bits per heavy atom. The number of hydrogen-bond donors (Lipinski definition) is 0. The van der Waals surface area contributed by atoms with Crippen LogP contribution in [0.2, 0.25) is 0 Å². The van der Waals surface area contributed by atoms with Gasteiger partial charge in [0.05, 0.1) is 18.0 Å². The van der Waals surface area contributed by atoms with Crippen LogP contribution in [-0.2, 0) is 9.53 Å². The number of carbonyl (C=O) groups is 2. The summed E-state index contributed by atoms with van der Waals surface area (Å²) in [6, 6.07) is 6.63. The molecule has 0 bridgehead atoms. The second-order valence-corrected chi connectivity index (χ2v) is 7.61. The molecule has 5 nitrogen and oxygen atoms in total. The molecule has 0 amide bonds. The van der Waals surface area contributed by atoms with Crippen molar-refractivity contribution < 1.29 is 23.8 Å². The van der Waals surface area contributed by atoms with Crippen molar-refractivity contribution in [1.29, 1.82) is 0 Å². The molecular weight excluding hydrogens is 464 g/mol. The standard InChI is InChI=1S/C16H12Br2O5S/c1-21-12-7-9(4-6-14(19)22-2)3-5-11(12)23-16(20)13-8-10(17)15(18)24-13/h3-8H,1-2H3/b6-4+. The quantitative estimate of drug-likeness (QED) is 0.356. The van der Waals surface area contributed by atoms with Gasteiger partial charge in [0.2, 0.25) is 0 Å². The predicted octanol–water partition coefficient (Wildman–Crippen LogP) is 4.69. The van der Waals surface area contributed by atoms with Gasteiger partial charge in [-0.3, -0.25) is 0 Å². The molecule has 0 aliphatic heterocycles. The molecule has 126 valence electrons. The van der Waals surface area contributed by atoms with Crippen LogP contribution >= 0.6 is 43.2 Å². The van der Waals surface area contributed by atoms with E-state index in [0.29, 0.717) is 21.9 Å². The first-order chi connectivity index (χ1) is 11.4. The van der Waals surface area contributed by atoms with Gasteiger partial charge in [-0.05, 0) is 61.7 Å². The Bertz CT molecular complexity index is 778. The van der Waals surface area contributed by atoms with Gasteiger partial charge in [-0.15, -0.1) is 11.3 Å². The van der Waals surface area contributed by atoms with Crippen molar-refractivity contribution in [1.82, 2.24) is 0 Å². The molecular formula is C16H12Br2O5S. The van der Waals surface area contributed by atoms with Gasteiger partial charge in [0.25, 0.3) is 0 Å². The maximum atomic E-state index is 12.2. The summed E-state index contributed by atoms with van der Waals surface area (Å²) in [5, 5.41) is 0. The lowest BCUT2D eigenvalue weighted by Gasteiger charge is -2.09. The number of benzene rings is 1. The van der Waals surface area contributed by atoms with Crippen LogP contribution in [0.1, 0.15) is 15.2 Å². The fraction of sp³-hybridized carbons (Fsp3) is 0.125. The monoisotopic (exact) mass is 474 g/mol. The predicted molar refractivity (Wildman–Crippen MR) is 98.7 cm³/mol. The van der Waals surface area contributed by atoms with E-state index in [2.05, 4.69) is 36.6 Å². The third kappa shape index (κ3) is 4.68. The van der Waals surface area contributed by atoms with Crippen molar-refractivity contribution in [2.24, 2.45) is 0 Å². The van der Waals surface area contributed by atoms with Gasteiger partial charge < -0.3 is 14.2 Å². The largest absolute Gasteiger partial charge is 0.493 e. The average Bonchev–Trinajstić information content (AvgIpc) is 2.92. The molecule has 0 atom stereocenters. The minimum absolute atomic E-state index is 0.290. The van der Waals surface area contributed by atoms with Gasteiger partial charge in [0.15, 0.2) is 11.5 Å². The van der Waals surface area contributed by atoms with E-state index in [1.54, 1.807) is 30.3 Å². The van der Waals surface area contributed by atoms with Crippen LogP contribution in [0.3, 0.4) is 0 Å². The molecule has 24 heavy (non-hydrogen) atoms. The number of methoxy groups -OCH3 is 2. The van der Waals surface area contributed by atoms with Crippen LogP contribution in [0.25, 0.3) is 6.08 Å². The zero-order valence-electron chi connectivity index (χ0n) is 12.7. The van der Waals surface area contributed by atoms with E-state index in [1.807, 2.05) is 0 Å². The molecule has 1 heterocycles. The molecule has 0 N–H and O–H groups in total. The highest BCUT2D eigenvalue weighted by atomic mass is 79.9. The van der Waals surface area contributed by atoms with Crippen LogP contribution < -0.4 is 9.47 Å². The van der Waals surface area contributed by atoms with Gasteiger partial charge >= 0.3 is 11.9 Å². The van der Waals surface area contributed by atoms with Gasteiger partial charge in [0, 0.05) is 10.5 Å². The van der Waals surface area contributed by atoms with Crippen LogP contribution in [0.4, 0.5) is 0 Å². The average molecular weight is 476 g/mol. The first kappa shape index (κ1) is 18.7. The van der Waals surface area contributed by atoms with Crippen molar-refractivity contribution in [2.45, 2.75) is 0 Å². The summed E-state index contributed by atoms with van der Waals surface area (Å²) in [7, 11) is 2.77. The van der Waals surface area contributed by atoms with E-state index in [4.69, 9.17) is 9.47 Å². The van der Waals surface area contributed by atoms with E-state index in [-0.39, 0.29) is 0 Å². The number of carbonyl (C=O) groups excluding carboxylic acids is 2. The summed E-state index contributed by atoms with van der Waals surface area (Å²) in [6.45, 7) is 0. The van der Waals surface area contributed by atoms with Crippen LogP contribution in [-0.4, -0.2) is 26.2 Å². The Labute approximate surface area is 159 Å². The summed E-state index contributed by atoms with van der Waals surface area (Å²) in [6.07, 6.45) is 2.87. The van der Waals surface area contributed by atoms with Gasteiger partial charge in [0.1, 0.15) is 4.88 Å². The summed E-state index contributed by atoms with van der Waals surface area (Å²) < 4.78 is 16.8. The summed E-state index contributed by atoms with van der Waals surface area (Å²) in [4.78, 5) is 23.8. The lowest BCUT2D eigenvalue weighted by atomic mass is 10.2. The highest BCUT2D eigenvalue weighted by Crippen LogP contribution is 2.34. The molecule has 0 saturated heterocycles. The number of rotatable bonds is 5. The smallest absolute Gasteiger partial charge is 0.353 e. The minimum atomic E-state index is -0.484. The van der Waals surface area contributed by atoms with Crippen LogP contribution in [0.5, 0.6) is 11.5 Å². The summed E-state index contributed by atoms with van der Waals surface area (Å²) >= 11 is 7.93. The SMILES string of the molecule is COC(=O)/C=C/c1ccc(OC(=O)c2cc(Br)c(Br)s2)c(OC)c1. The highest BCUT2D eigenvalue weighted by molar-refractivity contribution is 9.13. The lowest BCUT2D eigenvalue weighted by Crippen LogP contribution is -2.07. The minimum Gasteiger partial charge on any atom is -0.493 e.